The van der Waals surface area contributed by atoms with Gasteiger partial charge in [-0.15, -0.1) is 0 Å². The maximum Gasteiger partial charge on any atom is 0.255 e. The third-order valence-electron chi connectivity index (χ3n) is 7.42. The average molecular weight is 414 g/mol. The first-order chi connectivity index (χ1) is 14.5. The SMILES string of the molecule is O=C1CCC(N2Cc3cc(N4CCC5(CCNCC5)CC4)c(F)cc3C2=O)C(=O)N1. The largest absolute Gasteiger partial charge is 0.369 e. The van der Waals surface area contributed by atoms with Crippen LogP contribution < -0.4 is 15.5 Å². The lowest BCUT2D eigenvalue weighted by Gasteiger charge is -2.45. The number of anilines is 1. The predicted molar refractivity (Wildman–Crippen MR) is 108 cm³/mol. The van der Waals surface area contributed by atoms with Gasteiger partial charge >= 0.3 is 0 Å². The molecule has 0 aliphatic carbocycles. The molecule has 160 valence electrons. The average Bonchev–Trinajstić information content (AvgIpc) is 3.04. The number of nitrogens with one attached hydrogen (secondary N) is 2. The summed E-state index contributed by atoms with van der Waals surface area (Å²) in [6, 6.07) is 2.44. The van der Waals surface area contributed by atoms with Crippen LogP contribution in [0.15, 0.2) is 12.1 Å². The van der Waals surface area contributed by atoms with E-state index in [0.29, 0.717) is 23.1 Å². The highest BCUT2D eigenvalue weighted by atomic mass is 19.1. The van der Waals surface area contributed by atoms with Gasteiger partial charge < -0.3 is 15.1 Å². The normalized spacial score (nSPS) is 26.2. The van der Waals surface area contributed by atoms with Crippen LogP contribution in [0.2, 0.25) is 0 Å². The van der Waals surface area contributed by atoms with Crippen molar-refractivity contribution in [3.8, 4) is 0 Å². The molecule has 7 nitrogen and oxygen atoms in total. The second kappa shape index (κ2) is 7.34. The third-order valence-corrected chi connectivity index (χ3v) is 7.42. The molecule has 0 bridgehead atoms. The second-order valence-electron chi connectivity index (χ2n) is 9.10. The Morgan fingerprint density at radius 1 is 1.03 bits per heavy atom. The topological polar surface area (TPSA) is 81.8 Å². The lowest BCUT2D eigenvalue weighted by Crippen LogP contribution is -2.52. The van der Waals surface area contributed by atoms with Gasteiger partial charge in [0.25, 0.3) is 5.91 Å². The van der Waals surface area contributed by atoms with Crippen LogP contribution in [0.4, 0.5) is 10.1 Å². The van der Waals surface area contributed by atoms with Crippen molar-refractivity contribution >= 4 is 23.4 Å². The molecule has 4 aliphatic heterocycles. The van der Waals surface area contributed by atoms with Gasteiger partial charge in [0.1, 0.15) is 11.9 Å². The van der Waals surface area contributed by atoms with Gasteiger partial charge in [-0.2, -0.15) is 0 Å². The Morgan fingerprint density at radius 2 is 1.77 bits per heavy atom. The number of hydrogen-bond donors (Lipinski definition) is 2. The molecule has 3 saturated heterocycles. The van der Waals surface area contributed by atoms with E-state index in [1.54, 1.807) is 6.07 Å². The van der Waals surface area contributed by atoms with E-state index in [4.69, 9.17) is 0 Å². The second-order valence-corrected chi connectivity index (χ2v) is 9.10. The first-order valence-corrected chi connectivity index (χ1v) is 10.9. The number of fused-ring (bicyclic) bond motifs is 1. The molecule has 0 saturated carbocycles. The number of benzene rings is 1. The van der Waals surface area contributed by atoms with Gasteiger partial charge in [-0.3, -0.25) is 19.7 Å². The van der Waals surface area contributed by atoms with Crippen LogP contribution in [0.1, 0.15) is 54.4 Å². The number of carbonyl (C=O) groups is 3. The Morgan fingerprint density at radius 3 is 2.47 bits per heavy atom. The standard InChI is InChI=1S/C22H27FN4O3/c23-16-12-15-14(13-27(21(15)30)17-1-2-19(28)25-20(17)29)11-18(16)26-9-5-22(6-10-26)3-7-24-8-4-22/h11-12,17,24H,1-10,13H2,(H,25,28,29). The summed E-state index contributed by atoms with van der Waals surface area (Å²) in [6.45, 7) is 4.04. The highest BCUT2D eigenvalue weighted by Gasteiger charge is 2.40. The van der Waals surface area contributed by atoms with Crippen LogP contribution in [0.5, 0.6) is 0 Å². The van der Waals surface area contributed by atoms with Crippen molar-refractivity contribution < 1.29 is 18.8 Å². The summed E-state index contributed by atoms with van der Waals surface area (Å²) in [5, 5.41) is 5.72. The number of hydrogen-bond acceptors (Lipinski definition) is 5. The molecule has 3 fully saturated rings. The fourth-order valence-corrected chi connectivity index (χ4v) is 5.50. The van der Waals surface area contributed by atoms with E-state index in [-0.39, 0.29) is 30.6 Å². The van der Waals surface area contributed by atoms with Gasteiger partial charge in [0.05, 0.1) is 5.69 Å². The minimum absolute atomic E-state index is 0.210. The summed E-state index contributed by atoms with van der Waals surface area (Å²) in [4.78, 5) is 40.0. The Hall–Kier alpha value is -2.48. The lowest BCUT2D eigenvalue weighted by molar-refractivity contribution is -0.136. The van der Waals surface area contributed by atoms with Gasteiger partial charge in [0, 0.05) is 31.6 Å². The van der Waals surface area contributed by atoms with Crippen LogP contribution in [-0.2, 0) is 16.1 Å². The smallest absolute Gasteiger partial charge is 0.255 e. The monoisotopic (exact) mass is 414 g/mol. The molecule has 1 aromatic carbocycles. The number of imide groups is 1. The Balaban J connectivity index is 1.33. The summed E-state index contributed by atoms with van der Waals surface area (Å²) in [6.07, 6.45) is 5.01. The zero-order chi connectivity index (χ0) is 20.9. The summed E-state index contributed by atoms with van der Waals surface area (Å²) < 4.78 is 15.0. The molecule has 2 N–H and O–H groups in total. The fraction of sp³-hybridized carbons (Fsp3) is 0.591. The minimum Gasteiger partial charge on any atom is -0.369 e. The summed E-state index contributed by atoms with van der Waals surface area (Å²) in [5.41, 5.74) is 2.01. The number of carbonyl (C=O) groups excluding carboxylic acids is 3. The van der Waals surface area contributed by atoms with E-state index >= 15 is 0 Å². The molecule has 1 aromatic rings. The maximum absolute atomic E-state index is 15.0. The van der Waals surface area contributed by atoms with Crippen LogP contribution in [0.25, 0.3) is 0 Å². The van der Waals surface area contributed by atoms with Gasteiger partial charge in [0.15, 0.2) is 0 Å². The molecular formula is C22H27FN4O3. The molecule has 1 spiro atoms. The molecule has 30 heavy (non-hydrogen) atoms. The highest BCUT2D eigenvalue weighted by molar-refractivity contribution is 6.05. The molecule has 1 unspecified atom stereocenters. The number of nitrogens with zero attached hydrogens (tertiary/aromatic N) is 2. The number of piperidine rings is 3. The van der Waals surface area contributed by atoms with E-state index in [0.717, 1.165) is 44.6 Å². The van der Waals surface area contributed by atoms with Gasteiger partial charge in [-0.25, -0.2) is 4.39 Å². The first kappa shape index (κ1) is 19.5. The van der Waals surface area contributed by atoms with Gasteiger partial charge in [0.2, 0.25) is 11.8 Å². The zero-order valence-corrected chi connectivity index (χ0v) is 17.0. The lowest BCUT2D eigenvalue weighted by atomic mass is 9.71. The van der Waals surface area contributed by atoms with Gasteiger partial charge in [-0.05, 0) is 68.3 Å². The zero-order valence-electron chi connectivity index (χ0n) is 17.0. The van der Waals surface area contributed by atoms with E-state index in [1.807, 2.05) is 0 Å². The minimum atomic E-state index is -0.677. The molecule has 3 amide bonds. The molecular weight excluding hydrogens is 387 g/mol. The molecule has 1 atom stereocenters. The van der Waals surface area contributed by atoms with Gasteiger partial charge in [-0.1, -0.05) is 0 Å². The van der Waals surface area contributed by atoms with Crippen molar-refractivity contribution in [3.63, 3.8) is 0 Å². The van der Waals surface area contributed by atoms with Crippen LogP contribution in [0.3, 0.4) is 0 Å². The quantitative estimate of drug-likeness (QED) is 0.718. The Bertz CT molecular complexity index is 902. The number of halogens is 1. The highest BCUT2D eigenvalue weighted by Crippen LogP contribution is 2.41. The van der Waals surface area contributed by atoms with Crippen molar-refractivity contribution in [2.24, 2.45) is 5.41 Å². The molecule has 4 aliphatic rings. The van der Waals surface area contributed by atoms with E-state index < -0.39 is 11.9 Å². The van der Waals surface area contributed by atoms with E-state index in [9.17, 15) is 18.8 Å². The predicted octanol–water partition coefficient (Wildman–Crippen LogP) is 1.56. The number of rotatable bonds is 2. The molecule has 4 heterocycles. The van der Waals surface area contributed by atoms with E-state index in [2.05, 4.69) is 15.5 Å². The van der Waals surface area contributed by atoms with Crippen LogP contribution >= 0.6 is 0 Å². The Kier molecular flexibility index (Phi) is 4.76. The molecule has 8 heteroatoms. The Labute approximate surface area is 175 Å². The maximum atomic E-state index is 15.0. The first-order valence-electron chi connectivity index (χ1n) is 10.9. The molecule has 0 aromatic heterocycles. The van der Waals surface area contributed by atoms with Crippen molar-refractivity contribution in [3.05, 3.63) is 29.1 Å². The molecule has 5 rings (SSSR count). The van der Waals surface area contributed by atoms with Crippen LogP contribution in [0, 0.1) is 11.2 Å². The fourth-order valence-electron chi connectivity index (χ4n) is 5.50. The molecule has 0 radical (unpaired) electrons. The summed E-state index contributed by atoms with van der Waals surface area (Å²) in [5.74, 6) is -1.48. The van der Waals surface area contributed by atoms with E-state index in [1.165, 1.54) is 23.8 Å². The van der Waals surface area contributed by atoms with Crippen LogP contribution in [-0.4, -0.2) is 54.8 Å². The third kappa shape index (κ3) is 3.27. The van der Waals surface area contributed by atoms with Crippen molar-refractivity contribution in [2.45, 2.75) is 51.1 Å². The summed E-state index contributed by atoms with van der Waals surface area (Å²) >= 11 is 0. The summed E-state index contributed by atoms with van der Waals surface area (Å²) in [7, 11) is 0. The number of amides is 3. The van der Waals surface area contributed by atoms with Crippen molar-refractivity contribution in [1.82, 2.24) is 15.5 Å². The van der Waals surface area contributed by atoms with Crippen molar-refractivity contribution in [1.29, 1.82) is 0 Å². The van der Waals surface area contributed by atoms with Crippen molar-refractivity contribution in [2.75, 3.05) is 31.1 Å².